The maximum atomic E-state index is 7.15. The average molecular weight is 326 g/mol. The van der Waals surface area contributed by atoms with Gasteiger partial charge in [-0.25, -0.2) is 0 Å². The molecule has 5 heteroatoms. The summed E-state index contributed by atoms with van der Waals surface area (Å²) in [4.78, 5) is 0. The molecule has 7 N–H and O–H groups in total. The van der Waals surface area contributed by atoms with E-state index in [1.165, 1.54) is 64.2 Å². The number of hydrogen-bond donors (Lipinski definition) is 5. The minimum Gasteiger partial charge on any atom is -0.388 e. The van der Waals surface area contributed by atoms with Crippen LogP contribution in [-0.2, 0) is 0 Å². The van der Waals surface area contributed by atoms with Crippen LogP contribution in [0.1, 0.15) is 89.9 Å². The van der Waals surface area contributed by atoms with Crippen LogP contribution in [0, 0.1) is 10.8 Å². The average Bonchev–Trinajstić information content (AvgIpc) is 2.49. The van der Waals surface area contributed by atoms with Gasteiger partial charge in [0.1, 0.15) is 0 Å². The Morgan fingerprint density at radius 3 is 1.17 bits per heavy atom. The number of amidine groups is 2. The van der Waals surface area contributed by atoms with Crippen molar-refractivity contribution in [2.24, 2.45) is 11.5 Å². The molecule has 0 saturated carbocycles. The van der Waals surface area contributed by atoms with Crippen LogP contribution in [0.4, 0.5) is 0 Å². The predicted molar refractivity (Wildman–Crippen MR) is 101 cm³/mol. The molecule has 5 nitrogen and oxygen atoms in total. The molecule has 0 heterocycles. The summed E-state index contributed by atoms with van der Waals surface area (Å²) in [6.45, 7) is 2.29. The van der Waals surface area contributed by atoms with E-state index in [1.54, 1.807) is 0 Å². The van der Waals surface area contributed by atoms with Crippen molar-refractivity contribution >= 4 is 11.7 Å². The third-order valence-corrected chi connectivity index (χ3v) is 4.10. The molecule has 0 rings (SSSR count). The van der Waals surface area contributed by atoms with Gasteiger partial charge >= 0.3 is 0 Å². The zero-order valence-electron chi connectivity index (χ0n) is 15.0. The van der Waals surface area contributed by atoms with Gasteiger partial charge in [0.2, 0.25) is 0 Å². The summed E-state index contributed by atoms with van der Waals surface area (Å²) < 4.78 is 0. The van der Waals surface area contributed by atoms with Gasteiger partial charge in [-0.05, 0) is 38.8 Å². The fraction of sp³-hybridized carbons (Fsp3) is 0.889. The van der Waals surface area contributed by atoms with Crippen molar-refractivity contribution < 1.29 is 0 Å². The highest BCUT2D eigenvalue weighted by molar-refractivity contribution is 5.76. The van der Waals surface area contributed by atoms with Gasteiger partial charge in [-0.15, -0.1) is 0 Å². The molecular weight excluding hydrogens is 286 g/mol. The molecular formula is C18H39N5. The molecule has 0 bridgehead atoms. The SMILES string of the molecule is N=C(N)CCCCCCCCNCCCCCCCCC(=N)N. The number of unbranched alkanes of at least 4 members (excludes halogenated alkanes) is 10. The molecule has 0 aromatic heterocycles. The molecule has 0 fully saturated rings. The normalized spacial score (nSPS) is 10.8. The van der Waals surface area contributed by atoms with Crippen molar-refractivity contribution in [1.29, 1.82) is 10.8 Å². The van der Waals surface area contributed by atoms with Crippen LogP contribution in [0.3, 0.4) is 0 Å². The summed E-state index contributed by atoms with van der Waals surface area (Å²) in [5.41, 5.74) is 10.7. The van der Waals surface area contributed by atoms with Gasteiger partial charge in [0, 0.05) is 12.8 Å². The van der Waals surface area contributed by atoms with Crippen molar-refractivity contribution in [2.75, 3.05) is 13.1 Å². The van der Waals surface area contributed by atoms with Gasteiger partial charge in [0.15, 0.2) is 0 Å². The molecule has 0 unspecified atom stereocenters. The Morgan fingerprint density at radius 1 is 0.522 bits per heavy atom. The Balaban J connectivity index is 3.00. The standard InChI is InChI=1S/C18H39N5/c19-17(20)13-9-5-1-3-7-11-15-23-16-12-8-4-2-6-10-14-18(21)22/h23H,1-16H2,(H3,19,20)(H3,21,22). The zero-order chi connectivity index (χ0) is 17.2. The summed E-state index contributed by atoms with van der Waals surface area (Å²) in [5.74, 6) is 0.649. The van der Waals surface area contributed by atoms with Crippen LogP contribution < -0.4 is 16.8 Å². The Kier molecular flexibility index (Phi) is 16.4. The summed E-state index contributed by atoms with van der Waals surface area (Å²) in [6.07, 6.45) is 16.4. The van der Waals surface area contributed by atoms with Crippen molar-refractivity contribution in [3.05, 3.63) is 0 Å². The Labute approximate surface area is 143 Å². The lowest BCUT2D eigenvalue weighted by Gasteiger charge is -2.05. The number of nitrogens with two attached hydrogens (primary N) is 2. The van der Waals surface area contributed by atoms with E-state index in [0.717, 1.165) is 38.8 Å². The van der Waals surface area contributed by atoms with E-state index >= 15 is 0 Å². The summed E-state index contributed by atoms with van der Waals surface area (Å²) in [6, 6.07) is 0. The monoisotopic (exact) mass is 325 g/mol. The van der Waals surface area contributed by atoms with Crippen LogP contribution in [0.25, 0.3) is 0 Å². The van der Waals surface area contributed by atoms with Crippen molar-refractivity contribution in [1.82, 2.24) is 5.32 Å². The van der Waals surface area contributed by atoms with Crippen LogP contribution in [0.15, 0.2) is 0 Å². The fourth-order valence-electron chi connectivity index (χ4n) is 2.67. The van der Waals surface area contributed by atoms with E-state index in [4.69, 9.17) is 22.3 Å². The second-order valence-electron chi connectivity index (χ2n) is 6.54. The minimum absolute atomic E-state index is 0.324. The quantitative estimate of drug-likeness (QED) is 0.150. The number of rotatable bonds is 18. The third kappa shape index (κ3) is 20.9. The summed E-state index contributed by atoms with van der Waals surface area (Å²) >= 11 is 0. The van der Waals surface area contributed by atoms with E-state index in [9.17, 15) is 0 Å². The molecule has 0 spiro atoms. The topological polar surface area (TPSA) is 112 Å². The number of nitrogens with one attached hydrogen (secondary N) is 3. The second-order valence-corrected chi connectivity index (χ2v) is 6.54. The molecule has 0 atom stereocenters. The molecule has 0 aliphatic carbocycles. The summed E-state index contributed by atoms with van der Waals surface area (Å²) in [5, 5.41) is 17.8. The van der Waals surface area contributed by atoms with Crippen molar-refractivity contribution in [3.8, 4) is 0 Å². The van der Waals surface area contributed by atoms with Gasteiger partial charge in [-0.3, -0.25) is 10.8 Å². The molecule has 0 aliphatic rings. The van der Waals surface area contributed by atoms with Crippen LogP contribution in [0.5, 0.6) is 0 Å². The lowest BCUT2D eigenvalue weighted by Crippen LogP contribution is -2.16. The molecule has 0 saturated heterocycles. The number of hydrogen-bond acceptors (Lipinski definition) is 3. The van der Waals surface area contributed by atoms with Crippen molar-refractivity contribution in [3.63, 3.8) is 0 Å². The first-order valence-corrected chi connectivity index (χ1v) is 9.49. The fourth-order valence-corrected chi connectivity index (χ4v) is 2.67. The van der Waals surface area contributed by atoms with Gasteiger partial charge in [0.25, 0.3) is 0 Å². The van der Waals surface area contributed by atoms with Crippen LogP contribution in [0.2, 0.25) is 0 Å². The second kappa shape index (κ2) is 17.3. The van der Waals surface area contributed by atoms with Gasteiger partial charge in [-0.2, -0.15) is 0 Å². The molecule has 136 valence electrons. The Hall–Kier alpha value is -1.10. The molecule has 0 aliphatic heterocycles. The highest BCUT2D eigenvalue weighted by atomic mass is 14.8. The van der Waals surface area contributed by atoms with Gasteiger partial charge in [0.05, 0.1) is 11.7 Å². The molecule has 0 aromatic rings. The third-order valence-electron chi connectivity index (χ3n) is 4.10. The first kappa shape index (κ1) is 21.9. The Morgan fingerprint density at radius 2 is 0.826 bits per heavy atom. The predicted octanol–water partition coefficient (Wildman–Crippen LogP) is 3.91. The van der Waals surface area contributed by atoms with Gasteiger partial charge in [-0.1, -0.05) is 51.4 Å². The summed E-state index contributed by atoms with van der Waals surface area (Å²) in [7, 11) is 0. The van der Waals surface area contributed by atoms with Crippen LogP contribution >= 0.6 is 0 Å². The first-order chi connectivity index (χ1) is 11.1. The lowest BCUT2D eigenvalue weighted by molar-refractivity contribution is 0.541. The van der Waals surface area contributed by atoms with E-state index < -0.39 is 0 Å². The molecule has 0 aromatic carbocycles. The largest absolute Gasteiger partial charge is 0.388 e. The van der Waals surface area contributed by atoms with Crippen molar-refractivity contribution in [2.45, 2.75) is 89.9 Å². The zero-order valence-corrected chi connectivity index (χ0v) is 15.0. The smallest absolute Gasteiger partial charge is 0.0905 e. The highest BCUT2D eigenvalue weighted by Gasteiger charge is 1.95. The van der Waals surface area contributed by atoms with E-state index in [-0.39, 0.29) is 0 Å². The Bertz CT molecular complexity index is 263. The lowest BCUT2D eigenvalue weighted by atomic mass is 10.1. The van der Waals surface area contributed by atoms with E-state index in [0.29, 0.717) is 11.7 Å². The van der Waals surface area contributed by atoms with Gasteiger partial charge < -0.3 is 16.8 Å². The maximum absolute atomic E-state index is 7.15. The minimum atomic E-state index is 0.324. The van der Waals surface area contributed by atoms with Crippen LogP contribution in [-0.4, -0.2) is 24.8 Å². The molecule has 23 heavy (non-hydrogen) atoms. The van der Waals surface area contributed by atoms with E-state index in [2.05, 4.69) is 5.32 Å². The maximum Gasteiger partial charge on any atom is 0.0905 e. The van der Waals surface area contributed by atoms with E-state index in [1.807, 2.05) is 0 Å². The highest BCUT2D eigenvalue weighted by Crippen LogP contribution is 2.07. The molecule has 0 radical (unpaired) electrons. The molecule has 0 amide bonds. The first-order valence-electron chi connectivity index (χ1n) is 9.49.